The highest BCUT2D eigenvalue weighted by molar-refractivity contribution is 5.78. The largest absolute Gasteiger partial charge is 0.444 e. The standard InChI is InChI=1S/C17H20FN3O2/c1-19-14-6-8-21(9-7-14)16(22)10-15-11-23-17(20-15)12-2-4-13(18)5-3-12/h2-5,11,14,19H,6-10H2,1H3. The number of carbonyl (C=O) groups excluding carboxylic acids is 1. The van der Waals surface area contributed by atoms with Crippen molar-refractivity contribution in [2.45, 2.75) is 25.3 Å². The maximum absolute atomic E-state index is 12.9. The molecule has 0 unspecified atom stereocenters. The molecule has 1 saturated heterocycles. The van der Waals surface area contributed by atoms with E-state index in [1.54, 1.807) is 12.1 Å². The Hall–Kier alpha value is -2.21. The van der Waals surface area contributed by atoms with Crippen molar-refractivity contribution in [1.29, 1.82) is 0 Å². The maximum atomic E-state index is 12.9. The smallest absolute Gasteiger partial charge is 0.228 e. The summed E-state index contributed by atoms with van der Waals surface area (Å²) < 4.78 is 18.3. The zero-order chi connectivity index (χ0) is 16.2. The van der Waals surface area contributed by atoms with Crippen molar-refractivity contribution in [2.24, 2.45) is 0 Å². The van der Waals surface area contributed by atoms with Crippen LogP contribution in [0.1, 0.15) is 18.5 Å². The van der Waals surface area contributed by atoms with Gasteiger partial charge in [0.25, 0.3) is 0 Å². The molecule has 23 heavy (non-hydrogen) atoms. The molecule has 0 aliphatic carbocycles. The Morgan fingerprint density at radius 3 is 2.70 bits per heavy atom. The molecular weight excluding hydrogens is 297 g/mol. The lowest BCUT2D eigenvalue weighted by Crippen LogP contribution is -2.44. The van der Waals surface area contributed by atoms with Crippen molar-refractivity contribution in [3.8, 4) is 11.5 Å². The topological polar surface area (TPSA) is 58.4 Å². The Labute approximate surface area is 134 Å². The van der Waals surface area contributed by atoms with Gasteiger partial charge in [-0.3, -0.25) is 4.79 Å². The zero-order valence-electron chi connectivity index (χ0n) is 13.1. The average Bonchev–Trinajstić information content (AvgIpc) is 3.04. The van der Waals surface area contributed by atoms with Crippen molar-refractivity contribution in [3.63, 3.8) is 0 Å². The molecule has 1 N–H and O–H groups in total. The lowest BCUT2D eigenvalue weighted by atomic mass is 10.0. The molecule has 0 saturated carbocycles. The van der Waals surface area contributed by atoms with Crippen LogP contribution in [0.2, 0.25) is 0 Å². The Bertz CT molecular complexity index is 661. The maximum Gasteiger partial charge on any atom is 0.228 e. The van der Waals surface area contributed by atoms with E-state index in [2.05, 4.69) is 10.3 Å². The second kappa shape index (κ2) is 6.91. The molecule has 1 aromatic carbocycles. The van der Waals surface area contributed by atoms with Crippen LogP contribution >= 0.6 is 0 Å². The van der Waals surface area contributed by atoms with Gasteiger partial charge in [0.05, 0.1) is 12.1 Å². The number of nitrogens with zero attached hydrogens (tertiary/aromatic N) is 2. The molecule has 0 bridgehead atoms. The summed E-state index contributed by atoms with van der Waals surface area (Å²) in [6, 6.07) is 6.42. The van der Waals surface area contributed by atoms with Gasteiger partial charge in [-0.15, -0.1) is 0 Å². The fraction of sp³-hybridized carbons (Fsp3) is 0.412. The van der Waals surface area contributed by atoms with E-state index in [0.29, 0.717) is 23.2 Å². The van der Waals surface area contributed by atoms with Crippen LogP contribution in [-0.2, 0) is 11.2 Å². The van der Waals surface area contributed by atoms with Crippen LogP contribution in [0.4, 0.5) is 4.39 Å². The Balaban J connectivity index is 1.60. The molecule has 1 amide bonds. The van der Waals surface area contributed by atoms with Gasteiger partial charge in [0.1, 0.15) is 12.1 Å². The number of nitrogens with one attached hydrogen (secondary N) is 1. The van der Waals surface area contributed by atoms with E-state index in [4.69, 9.17) is 4.42 Å². The Kier molecular flexibility index (Phi) is 4.71. The van der Waals surface area contributed by atoms with E-state index in [1.165, 1.54) is 18.4 Å². The second-order valence-electron chi connectivity index (χ2n) is 5.77. The van der Waals surface area contributed by atoms with E-state index in [-0.39, 0.29) is 18.1 Å². The van der Waals surface area contributed by atoms with Gasteiger partial charge in [0, 0.05) is 24.7 Å². The third-order valence-corrected chi connectivity index (χ3v) is 4.23. The van der Waals surface area contributed by atoms with Crippen LogP contribution in [0.25, 0.3) is 11.5 Å². The number of halogens is 1. The number of oxazole rings is 1. The summed E-state index contributed by atoms with van der Waals surface area (Å²) in [5.41, 5.74) is 1.30. The monoisotopic (exact) mass is 317 g/mol. The number of hydrogen-bond acceptors (Lipinski definition) is 4. The van der Waals surface area contributed by atoms with Crippen molar-refractivity contribution in [3.05, 3.63) is 42.0 Å². The quantitative estimate of drug-likeness (QED) is 0.939. The molecule has 0 atom stereocenters. The van der Waals surface area contributed by atoms with Gasteiger partial charge in [0.2, 0.25) is 11.8 Å². The van der Waals surface area contributed by atoms with Crippen LogP contribution in [-0.4, -0.2) is 42.0 Å². The second-order valence-corrected chi connectivity index (χ2v) is 5.77. The number of carbonyl (C=O) groups is 1. The van der Waals surface area contributed by atoms with E-state index in [0.717, 1.165) is 25.9 Å². The third kappa shape index (κ3) is 3.76. The first-order chi connectivity index (χ1) is 11.2. The van der Waals surface area contributed by atoms with Crippen molar-refractivity contribution in [2.75, 3.05) is 20.1 Å². The summed E-state index contributed by atoms with van der Waals surface area (Å²) in [5, 5.41) is 3.25. The van der Waals surface area contributed by atoms with E-state index < -0.39 is 0 Å². The molecule has 5 nitrogen and oxygen atoms in total. The molecule has 0 radical (unpaired) electrons. The molecule has 122 valence electrons. The van der Waals surface area contributed by atoms with Gasteiger partial charge in [-0.05, 0) is 44.2 Å². The lowest BCUT2D eigenvalue weighted by Gasteiger charge is -2.31. The van der Waals surface area contributed by atoms with Gasteiger partial charge in [-0.25, -0.2) is 9.37 Å². The molecular formula is C17H20FN3O2. The van der Waals surface area contributed by atoms with Crippen LogP contribution in [0, 0.1) is 5.82 Å². The Morgan fingerprint density at radius 1 is 1.35 bits per heavy atom. The van der Waals surface area contributed by atoms with Gasteiger partial charge in [-0.2, -0.15) is 0 Å². The van der Waals surface area contributed by atoms with E-state index in [9.17, 15) is 9.18 Å². The zero-order valence-corrected chi connectivity index (χ0v) is 13.1. The summed E-state index contributed by atoms with van der Waals surface area (Å²) in [6.45, 7) is 1.54. The molecule has 3 rings (SSSR count). The number of hydrogen-bond donors (Lipinski definition) is 1. The molecule has 2 heterocycles. The summed E-state index contributed by atoms with van der Waals surface area (Å²) in [5.74, 6) is 0.167. The van der Waals surface area contributed by atoms with Crippen molar-refractivity contribution < 1.29 is 13.6 Å². The molecule has 1 fully saturated rings. The first kappa shape index (κ1) is 15.7. The number of benzene rings is 1. The highest BCUT2D eigenvalue weighted by Crippen LogP contribution is 2.20. The number of amides is 1. The van der Waals surface area contributed by atoms with Crippen molar-refractivity contribution >= 4 is 5.91 Å². The molecule has 1 aliphatic rings. The summed E-state index contributed by atoms with van der Waals surface area (Å²) >= 11 is 0. The fourth-order valence-electron chi connectivity index (χ4n) is 2.80. The summed E-state index contributed by atoms with van der Waals surface area (Å²) in [7, 11) is 1.95. The predicted octanol–water partition coefficient (Wildman–Crippen LogP) is 2.23. The van der Waals surface area contributed by atoms with Crippen molar-refractivity contribution in [1.82, 2.24) is 15.2 Å². The lowest BCUT2D eigenvalue weighted by molar-refractivity contribution is -0.131. The number of rotatable bonds is 4. The normalized spacial score (nSPS) is 15.8. The van der Waals surface area contributed by atoms with Crippen LogP contribution in [0.3, 0.4) is 0 Å². The number of likely N-dealkylation sites (tertiary alicyclic amines) is 1. The summed E-state index contributed by atoms with van der Waals surface area (Å²) in [6.07, 6.45) is 3.68. The SMILES string of the molecule is CNC1CCN(C(=O)Cc2coc(-c3ccc(F)cc3)n2)CC1. The number of aromatic nitrogens is 1. The van der Waals surface area contributed by atoms with Gasteiger partial charge >= 0.3 is 0 Å². The molecule has 2 aromatic rings. The molecule has 0 spiro atoms. The average molecular weight is 317 g/mol. The van der Waals surface area contributed by atoms with Crippen LogP contribution < -0.4 is 5.32 Å². The molecule has 6 heteroatoms. The highest BCUT2D eigenvalue weighted by atomic mass is 19.1. The van der Waals surface area contributed by atoms with E-state index in [1.807, 2.05) is 11.9 Å². The van der Waals surface area contributed by atoms with Crippen LogP contribution in [0.15, 0.2) is 34.9 Å². The Morgan fingerprint density at radius 2 is 2.04 bits per heavy atom. The van der Waals surface area contributed by atoms with Crippen LogP contribution in [0.5, 0.6) is 0 Å². The van der Waals surface area contributed by atoms with Gasteiger partial charge in [0.15, 0.2) is 0 Å². The molecule has 1 aromatic heterocycles. The summed E-state index contributed by atoms with van der Waals surface area (Å²) in [4.78, 5) is 18.5. The third-order valence-electron chi connectivity index (χ3n) is 4.23. The minimum Gasteiger partial charge on any atom is -0.444 e. The predicted molar refractivity (Wildman–Crippen MR) is 84.3 cm³/mol. The van der Waals surface area contributed by atoms with Gasteiger partial charge < -0.3 is 14.6 Å². The minimum absolute atomic E-state index is 0.0681. The van der Waals surface area contributed by atoms with E-state index >= 15 is 0 Å². The minimum atomic E-state index is -0.305. The fourth-order valence-corrected chi connectivity index (χ4v) is 2.80. The first-order valence-electron chi connectivity index (χ1n) is 7.81. The highest BCUT2D eigenvalue weighted by Gasteiger charge is 2.22. The first-order valence-corrected chi connectivity index (χ1v) is 7.81. The van der Waals surface area contributed by atoms with Gasteiger partial charge in [-0.1, -0.05) is 0 Å². The number of piperidine rings is 1. The molecule has 1 aliphatic heterocycles.